The van der Waals surface area contributed by atoms with Crippen LogP contribution in [-0.2, 0) is 4.74 Å². The van der Waals surface area contributed by atoms with Gasteiger partial charge in [-0.05, 0) is 45.7 Å². The van der Waals surface area contributed by atoms with Crippen LogP contribution in [0.5, 0.6) is 0 Å². The van der Waals surface area contributed by atoms with Gasteiger partial charge in [0.2, 0.25) is 0 Å². The van der Waals surface area contributed by atoms with Gasteiger partial charge in [0.05, 0.1) is 5.60 Å². The second kappa shape index (κ2) is 7.74. The minimum atomic E-state index is -0.524. The van der Waals surface area contributed by atoms with E-state index in [9.17, 15) is 5.11 Å². The van der Waals surface area contributed by atoms with Gasteiger partial charge < -0.3 is 20.1 Å². The molecule has 0 unspecified atom stereocenters. The zero-order valence-corrected chi connectivity index (χ0v) is 13.2. The van der Waals surface area contributed by atoms with Crippen molar-refractivity contribution in [3.05, 3.63) is 0 Å². The standard InChI is InChI=1S/C16H32N2O2/c1-3-10-17-14-4-6-15(7-5-14)18(2)13-16(19)8-11-20-12-9-16/h14-15,17,19H,3-13H2,1-2H3. The summed E-state index contributed by atoms with van der Waals surface area (Å²) in [4.78, 5) is 2.39. The van der Waals surface area contributed by atoms with Gasteiger partial charge in [-0.3, -0.25) is 0 Å². The maximum Gasteiger partial charge on any atom is 0.0817 e. The quantitative estimate of drug-likeness (QED) is 0.780. The highest BCUT2D eigenvalue weighted by Crippen LogP contribution is 2.27. The molecule has 0 aromatic carbocycles. The maximum absolute atomic E-state index is 10.6. The molecule has 1 aliphatic heterocycles. The zero-order valence-electron chi connectivity index (χ0n) is 13.2. The fourth-order valence-corrected chi connectivity index (χ4v) is 3.57. The molecule has 2 fully saturated rings. The summed E-state index contributed by atoms with van der Waals surface area (Å²) >= 11 is 0. The fraction of sp³-hybridized carbons (Fsp3) is 1.00. The number of nitrogens with zero attached hydrogens (tertiary/aromatic N) is 1. The lowest BCUT2D eigenvalue weighted by Crippen LogP contribution is -2.50. The molecule has 0 aromatic rings. The monoisotopic (exact) mass is 284 g/mol. The highest BCUT2D eigenvalue weighted by atomic mass is 16.5. The predicted octanol–water partition coefficient (Wildman–Crippen LogP) is 1.77. The average Bonchev–Trinajstić information content (AvgIpc) is 2.46. The number of rotatable bonds is 6. The second-order valence-corrected chi connectivity index (χ2v) is 6.71. The van der Waals surface area contributed by atoms with Crippen LogP contribution in [0.4, 0.5) is 0 Å². The largest absolute Gasteiger partial charge is 0.388 e. The van der Waals surface area contributed by atoms with E-state index in [4.69, 9.17) is 4.74 Å². The van der Waals surface area contributed by atoms with Gasteiger partial charge in [-0.15, -0.1) is 0 Å². The molecule has 4 nitrogen and oxygen atoms in total. The summed E-state index contributed by atoms with van der Waals surface area (Å²) < 4.78 is 5.36. The molecular weight excluding hydrogens is 252 g/mol. The van der Waals surface area contributed by atoms with Crippen LogP contribution < -0.4 is 5.32 Å². The van der Waals surface area contributed by atoms with E-state index in [2.05, 4.69) is 24.2 Å². The SMILES string of the molecule is CCCNC1CCC(N(C)CC2(O)CCOCC2)CC1. The minimum Gasteiger partial charge on any atom is -0.388 e. The van der Waals surface area contributed by atoms with Crippen molar-refractivity contribution in [2.24, 2.45) is 0 Å². The molecule has 2 N–H and O–H groups in total. The molecule has 1 saturated carbocycles. The van der Waals surface area contributed by atoms with Crippen LogP contribution in [0, 0.1) is 0 Å². The lowest BCUT2D eigenvalue weighted by Gasteiger charge is -2.41. The number of nitrogens with one attached hydrogen (secondary N) is 1. The van der Waals surface area contributed by atoms with Gasteiger partial charge in [-0.25, -0.2) is 0 Å². The third kappa shape index (κ3) is 4.69. The lowest BCUT2D eigenvalue weighted by molar-refractivity contribution is -0.0831. The van der Waals surface area contributed by atoms with Crippen LogP contribution in [0.2, 0.25) is 0 Å². The van der Waals surface area contributed by atoms with Gasteiger partial charge in [0.15, 0.2) is 0 Å². The van der Waals surface area contributed by atoms with E-state index in [0.29, 0.717) is 25.3 Å². The molecule has 118 valence electrons. The smallest absolute Gasteiger partial charge is 0.0817 e. The molecule has 0 spiro atoms. The number of ether oxygens (including phenoxy) is 1. The van der Waals surface area contributed by atoms with Crippen molar-refractivity contribution in [1.82, 2.24) is 10.2 Å². The molecule has 0 atom stereocenters. The van der Waals surface area contributed by atoms with Crippen molar-refractivity contribution in [1.29, 1.82) is 0 Å². The topological polar surface area (TPSA) is 44.7 Å². The Morgan fingerprint density at radius 1 is 1.20 bits per heavy atom. The summed E-state index contributed by atoms with van der Waals surface area (Å²) in [6, 6.07) is 1.35. The normalized spacial score (nSPS) is 30.6. The first-order chi connectivity index (χ1) is 9.63. The molecule has 0 radical (unpaired) electrons. The Kier molecular flexibility index (Phi) is 6.27. The maximum atomic E-state index is 10.6. The van der Waals surface area contributed by atoms with Crippen molar-refractivity contribution < 1.29 is 9.84 Å². The zero-order chi connectivity index (χ0) is 14.4. The summed E-state index contributed by atoms with van der Waals surface area (Å²) in [5.74, 6) is 0. The Labute approximate surface area is 123 Å². The predicted molar refractivity (Wildman–Crippen MR) is 82.0 cm³/mol. The summed E-state index contributed by atoms with van der Waals surface area (Å²) in [6.45, 7) is 5.58. The second-order valence-electron chi connectivity index (χ2n) is 6.71. The molecule has 0 bridgehead atoms. The average molecular weight is 284 g/mol. The summed E-state index contributed by atoms with van der Waals surface area (Å²) in [5, 5.41) is 14.2. The molecule has 2 rings (SSSR count). The molecule has 20 heavy (non-hydrogen) atoms. The minimum absolute atomic E-state index is 0.524. The molecule has 1 saturated heterocycles. The van der Waals surface area contributed by atoms with Gasteiger partial charge in [0.25, 0.3) is 0 Å². The first-order valence-corrected chi connectivity index (χ1v) is 8.37. The van der Waals surface area contributed by atoms with Crippen LogP contribution in [0.1, 0.15) is 51.9 Å². The van der Waals surface area contributed by atoms with Gasteiger partial charge in [0.1, 0.15) is 0 Å². The van der Waals surface area contributed by atoms with Gasteiger partial charge in [0, 0.05) is 44.7 Å². The molecular formula is C16H32N2O2. The molecule has 2 aliphatic rings. The molecule has 4 heteroatoms. The van der Waals surface area contributed by atoms with Gasteiger partial charge in [-0.1, -0.05) is 6.92 Å². The Bertz CT molecular complexity index is 272. The van der Waals surface area contributed by atoms with Crippen molar-refractivity contribution >= 4 is 0 Å². The van der Waals surface area contributed by atoms with Crippen molar-refractivity contribution in [2.75, 3.05) is 33.4 Å². The van der Waals surface area contributed by atoms with Crippen molar-refractivity contribution in [3.8, 4) is 0 Å². The Morgan fingerprint density at radius 2 is 1.85 bits per heavy atom. The Balaban J connectivity index is 1.72. The van der Waals surface area contributed by atoms with Crippen LogP contribution >= 0.6 is 0 Å². The van der Waals surface area contributed by atoms with E-state index in [-0.39, 0.29) is 0 Å². The van der Waals surface area contributed by atoms with Crippen molar-refractivity contribution in [3.63, 3.8) is 0 Å². The van der Waals surface area contributed by atoms with Gasteiger partial charge >= 0.3 is 0 Å². The van der Waals surface area contributed by atoms with Crippen LogP contribution in [-0.4, -0.2) is 61.0 Å². The van der Waals surface area contributed by atoms with Crippen LogP contribution in [0.25, 0.3) is 0 Å². The fourth-order valence-electron chi connectivity index (χ4n) is 3.57. The van der Waals surface area contributed by atoms with E-state index in [1.54, 1.807) is 0 Å². The van der Waals surface area contributed by atoms with E-state index >= 15 is 0 Å². The molecule has 1 heterocycles. The van der Waals surface area contributed by atoms with E-state index in [0.717, 1.165) is 25.9 Å². The van der Waals surface area contributed by atoms with E-state index in [1.807, 2.05) is 0 Å². The first kappa shape index (κ1) is 16.2. The molecule has 1 aliphatic carbocycles. The molecule has 0 aromatic heterocycles. The highest BCUT2D eigenvalue weighted by Gasteiger charge is 2.33. The van der Waals surface area contributed by atoms with E-state index < -0.39 is 5.60 Å². The number of hydrogen-bond acceptors (Lipinski definition) is 4. The van der Waals surface area contributed by atoms with Crippen molar-refractivity contribution in [2.45, 2.75) is 69.6 Å². The number of likely N-dealkylation sites (N-methyl/N-ethyl adjacent to an activating group) is 1. The van der Waals surface area contributed by atoms with Crippen LogP contribution in [0.3, 0.4) is 0 Å². The van der Waals surface area contributed by atoms with Gasteiger partial charge in [-0.2, -0.15) is 0 Å². The Hall–Kier alpha value is -0.160. The highest BCUT2D eigenvalue weighted by molar-refractivity contribution is 4.88. The Morgan fingerprint density at radius 3 is 2.45 bits per heavy atom. The summed E-state index contributed by atoms with van der Waals surface area (Å²) in [7, 11) is 2.18. The molecule has 0 amide bonds. The summed E-state index contributed by atoms with van der Waals surface area (Å²) in [6.07, 6.45) is 7.84. The number of hydrogen-bond donors (Lipinski definition) is 2. The third-order valence-corrected chi connectivity index (χ3v) is 4.97. The van der Waals surface area contributed by atoms with E-state index in [1.165, 1.54) is 32.1 Å². The lowest BCUT2D eigenvalue weighted by atomic mass is 9.88. The first-order valence-electron chi connectivity index (χ1n) is 8.37. The summed E-state index contributed by atoms with van der Waals surface area (Å²) in [5.41, 5.74) is -0.524. The van der Waals surface area contributed by atoms with Crippen LogP contribution in [0.15, 0.2) is 0 Å². The number of aliphatic hydroxyl groups is 1. The third-order valence-electron chi connectivity index (χ3n) is 4.97.